The summed E-state index contributed by atoms with van der Waals surface area (Å²) in [6.07, 6.45) is 1.40. The summed E-state index contributed by atoms with van der Waals surface area (Å²) in [6.45, 7) is 8.76. The lowest BCUT2D eigenvalue weighted by Gasteiger charge is -2.29. The first kappa shape index (κ1) is 43.8. The van der Waals surface area contributed by atoms with Gasteiger partial charge in [0.05, 0.1) is 14.7 Å². The molecule has 0 amide bonds. The van der Waals surface area contributed by atoms with Gasteiger partial charge in [-0.25, -0.2) is 8.42 Å². The van der Waals surface area contributed by atoms with E-state index in [1.807, 2.05) is 13.8 Å². The van der Waals surface area contributed by atoms with Crippen LogP contribution in [0.2, 0.25) is 0 Å². The molecule has 1 unspecified atom stereocenters. The third kappa shape index (κ3) is 9.73. The van der Waals surface area contributed by atoms with E-state index in [2.05, 4.69) is 0 Å². The lowest BCUT2D eigenvalue weighted by Crippen LogP contribution is -2.31. The average molecular weight is 863 g/mol. The molecule has 0 aliphatic carbocycles. The Labute approximate surface area is 320 Å². The van der Waals surface area contributed by atoms with Crippen molar-refractivity contribution in [3.05, 3.63) is 78.4 Å². The van der Waals surface area contributed by atoms with Gasteiger partial charge in [-0.15, -0.1) is 0 Å². The van der Waals surface area contributed by atoms with Gasteiger partial charge < -0.3 is 9.47 Å². The molecular weight excluding hydrogens is 825 g/mol. The Balaban J connectivity index is 1.83. The minimum absolute atomic E-state index is 0.0219. The molecule has 4 aromatic rings. The van der Waals surface area contributed by atoms with Crippen molar-refractivity contribution >= 4 is 50.3 Å². The second-order valence-electron chi connectivity index (χ2n) is 12.7. The maximum Gasteiger partial charge on any atom is 0.298 e. The first-order chi connectivity index (χ1) is 25.2. The van der Waals surface area contributed by atoms with Crippen LogP contribution in [0.25, 0.3) is 11.1 Å². The van der Waals surface area contributed by atoms with Gasteiger partial charge >= 0.3 is 0 Å². The number of hydrogen-bond acceptors (Lipinski definition) is 12. The van der Waals surface area contributed by atoms with Gasteiger partial charge in [-0.1, -0.05) is 45.9 Å². The molecule has 21 heteroatoms. The first-order valence-corrected chi connectivity index (χ1v) is 23.5. The van der Waals surface area contributed by atoms with Crippen LogP contribution >= 0.6 is 0 Å². The molecular formula is C34H38O16S5. The lowest BCUT2D eigenvalue weighted by molar-refractivity contribution is 0.0766. The number of ether oxygens (including phenoxy) is 2. The van der Waals surface area contributed by atoms with Gasteiger partial charge in [0.25, 0.3) is 40.5 Å². The lowest BCUT2D eigenvalue weighted by atomic mass is 9.99. The highest BCUT2D eigenvalue weighted by molar-refractivity contribution is 7.91. The Morgan fingerprint density at radius 1 is 0.545 bits per heavy atom. The maximum absolute atomic E-state index is 13.6. The van der Waals surface area contributed by atoms with Crippen LogP contribution in [0.3, 0.4) is 0 Å². The molecule has 0 radical (unpaired) electrons. The minimum atomic E-state index is -5.34. The second-order valence-corrected chi connectivity index (χ2v) is 20.2. The first-order valence-electron chi connectivity index (χ1n) is 16.2. The summed E-state index contributed by atoms with van der Waals surface area (Å²) >= 11 is 0. The van der Waals surface area contributed by atoms with Crippen molar-refractivity contribution in [2.24, 2.45) is 0 Å². The third-order valence-corrected chi connectivity index (χ3v) is 14.4. The van der Waals surface area contributed by atoms with Crippen LogP contribution in [-0.4, -0.2) is 65.9 Å². The highest BCUT2D eigenvalue weighted by Crippen LogP contribution is 2.40. The standard InChI is InChI=1S/C34H38O16S5/c1-6-21(4)26-13-11-24(19-30(26)52(37,38)39)51(35,36)25-12-16-28(33(20-25)55(46,47)48)49-27-14-9-22(17-31(27)53(40,41)42)23-10-15-29(32(18-23)54(43,44)45)50-34(5,7-2)8-3/h9-21H,6-8H2,1-5H3,(H,37,38,39)(H,40,41,42)(H,43,44,45)(H,46,47,48). The minimum Gasteiger partial charge on any atom is -0.486 e. The fourth-order valence-electron chi connectivity index (χ4n) is 5.34. The van der Waals surface area contributed by atoms with Crippen LogP contribution in [0.4, 0.5) is 0 Å². The van der Waals surface area contributed by atoms with Crippen LogP contribution in [0, 0.1) is 0 Å². The Morgan fingerprint density at radius 3 is 1.36 bits per heavy atom. The SMILES string of the molecule is CCC(C)c1ccc(S(=O)(=O)c2ccc(Oc3ccc(-c4ccc(OC(C)(CC)CC)c(S(=O)(=O)O)c4)cc3S(=O)(=O)O)c(S(=O)(=O)O)c2)cc1S(=O)(=O)O. The summed E-state index contributed by atoms with van der Waals surface area (Å²) < 4.78 is 178. The molecule has 4 aromatic carbocycles. The number of sulfone groups is 1. The van der Waals surface area contributed by atoms with E-state index in [0.29, 0.717) is 31.4 Å². The summed E-state index contributed by atoms with van der Waals surface area (Å²) in [4.78, 5) is -4.91. The van der Waals surface area contributed by atoms with Crippen molar-refractivity contribution in [3.63, 3.8) is 0 Å². The summed E-state index contributed by atoms with van der Waals surface area (Å²) in [5, 5.41) is 0. The van der Waals surface area contributed by atoms with E-state index >= 15 is 0 Å². The van der Waals surface area contributed by atoms with E-state index < -0.39 is 103 Å². The maximum atomic E-state index is 13.6. The van der Waals surface area contributed by atoms with Crippen LogP contribution < -0.4 is 9.47 Å². The van der Waals surface area contributed by atoms with Crippen molar-refractivity contribution < 1.29 is 69.8 Å². The van der Waals surface area contributed by atoms with Crippen molar-refractivity contribution in [1.29, 1.82) is 0 Å². The Morgan fingerprint density at radius 2 is 0.927 bits per heavy atom. The highest BCUT2D eigenvalue weighted by atomic mass is 32.2. The number of benzene rings is 4. The molecule has 0 saturated carbocycles. The zero-order valence-corrected chi connectivity index (χ0v) is 33.9. The summed E-state index contributed by atoms with van der Waals surface area (Å²) in [5.41, 5.74) is -0.686. The van der Waals surface area contributed by atoms with Gasteiger partial charge in [-0.05, 0) is 103 Å². The second kappa shape index (κ2) is 15.5. The molecule has 0 aliphatic rings. The fraction of sp³-hybridized carbons (Fsp3) is 0.294. The molecule has 0 aliphatic heterocycles. The van der Waals surface area contributed by atoms with Gasteiger partial charge in [0.2, 0.25) is 9.84 Å². The fourth-order valence-corrected chi connectivity index (χ4v) is 9.56. The predicted molar refractivity (Wildman–Crippen MR) is 198 cm³/mol. The highest BCUT2D eigenvalue weighted by Gasteiger charge is 2.30. The zero-order valence-electron chi connectivity index (χ0n) is 29.9. The summed E-state index contributed by atoms with van der Waals surface area (Å²) in [6, 6.07) is 11.6. The molecule has 0 fully saturated rings. The normalized spacial score (nSPS) is 13.7. The molecule has 0 heterocycles. The van der Waals surface area contributed by atoms with Crippen LogP contribution in [0.5, 0.6) is 17.2 Å². The van der Waals surface area contributed by atoms with Gasteiger partial charge in [-0.3, -0.25) is 18.2 Å². The molecule has 1 atom stereocenters. The Kier molecular flexibility index (Phi) is 12.4. The molecule has 0 saturated heterocycles. The molecule has 0 bridgehead atoms. The third-order valence-electron chi connectivity index (χ3n) is 9.07. The van der Waals surface area contributed by atoms with E-state index in [-0.39, 0.29) is 22.4 Å². The van der Waals surface area contributed by atoms with Crippen LogP contribution in [0.1, 0.15) is 65.4 Å². The quantitative estimate of drug-likeness (QED) is 0.0937. The Hall–Kier alpha value is -3.93. The molecule has 55 heavy (non-hydrogen) atoms. The van der Waals surface area contributed by atoms with Crippen molar-refractivity contribution in [1.82, 2.24) is 0 Å². The van der Waals surface area contributed by atoms with Gasteiger partial charge in [0, 0.05) is 0 Å². The van der Waals surface area contributed by atoms with Gasteiger partial charge in [0.15, 0.2) is 0 Å². The van der Waals surface area contributed by atoms with Gasteiger partial charge in [0.1, 0.15) is 37.5 Å². The largest absolute Gasteiger partial charge is 0.486 e. The van der Waals surface area contributed by atoms with E-state index in [4.69, 9.17) is 9.47 Å². The monoisotopic (exact) mass is 862 g/mol. The van der Waals surface area contributed by atoms with Crippen molar-refractivity contribution in [2.75, 3.05) is 0 Å². The van der Waals surface area contributed by atoms with E-state index in [0.717, 1.165) is 36.4 Å². The van der Waals surface area contributed by atoms with Gasteiger partial charge in [-0.2, -0.15) is 33.7 Å². The van der Waals surface area contributed by atoms with E-state index in [1.165, 1.54) is 24.3 Å². The molecule has 0 spiro atoms. The molecule has 300 valence electrons. The van der Waals surface area contributed by atoms with Crippen molar-refractivity contribution in [3.8, 4) is 28.4 Å². The topological polar surface area (TPSA) is 270 Å². The number of rotatable bonds is 15. The molecule has 4 rings (SSSR count). The average Bonchev–Trinajstić information content (AvgIpc) is 3.09. The molecule has 16 nitrogen and oxygen atoms in total. The predicted octanol–water partition coefficient (Wildman–Crippen LogP) is 6.44. The molecule has 4 N–H and O–H groups in total. The van der Waals surface area contributed by atoms with Crippen molar-refractivity contribution in [2.45, 2.75) is 94.8 Å². The summed E-state index contributed by atoms with van der Waals surface area (Å²) in [7, 11) is -25.1. The molecule has 0 aromatic heterocycles. The van der Waals surface area contributed by atoms with E-state index in [1.54, 1.807) is 20.8 Å². The van der Waals surface area contributed by atoms with Crippen LogP contribution in [0.15, 0.2) is 102 Å². The van der Waals surface area contributed by atoms with E-state index in [9.17, 15) is 60.3 Å². The Bertz CT molecular complexity index is 2700. The number of hydrogen-bond donors (Lipinski definition) is 4. The summed E-state index contributed by atoms with van der Waals surface area (Å²) in [5.74, 6) is -2.12. The van der Waals surface area contributed by atoms with Crippen LogP contribution in [-0.2, 0) is 50.3 Å². The smallest absolute Gasteiger partial charge is 0.298 e. The zero-order chi connectivity index (χ0) is 41.5.